The second-order valence-electron chi connectivity index (χ2n) is 5.32. The second-order valence-corrected chi connectivity index (χ2v) is 5.32. The molecule has 0 aliphatic carbocycles. The first kappa shape index (κ1) is 14.4. The summed E-state index contributed by atoms with van der Waals surface area (Å²) in [6.07, 6.45) is 1.37. The van der Waals surface area contributed by atoms with Crippen molar-refractivity contribution in [3.8, 4) is 11.5 Å². The summed E-state index contributed by atoms with van der Waals surface area (Å²) in [6, 6.07) is 9.61. The van der Waals surface area contributed by atoms with Crippen LogP contribution in [0.1, 0.15) is 36.5 Å². The van der Waals surface area contributed by atoms with Gasteiger partial charge in [0.2, 0.25) is 0 Å². The minimum Gasteiger partial charge on any atom is -0.508 e. The summed E-state index contributed by atoms with van der Waals surface area (Å²) in [7, 11) is 0. The van der Waals surface area contributed by atoms with Gasteiger partial charge in [-0.3, -0.25) is 0 Å². The molecule has 106 valence electrons. The fraction of sp³-hybridized carbons (Fsp3) is 0.294. The normalized spacial score (nSPS) is 11.0. The minimum atomic E-state index is -0.247. The molecule has 0 atom stereocenters. The van der Waals surface area contributed by atoms with Crippen molar-refractivity contribution in [1.29, 1.82) is 0 Å². The second kappa shape index (κ2) is 5.95. The number of hydrogen-bond acceptors (Lipinski definition) is 2. The molecule has 0 saturated heterocycles. The lowest BCUT2D eigenvalue weighted by Gasteiger charge is -2.12. The van der Waals surface area contributed by atoms with Crippen LogP contribution in [-0.2, 0) is 12.8 Å². The average molecular weight is 274 g/mol. The van der Waals surface area contributed by atoms with E-state index < -0.39 is 0 Å². The largest absolute Gasteiger partial charge is 0.508 e. The summed E-state index contributed by atoms with van der Waals surface area (Å²) in [5.74, 6) is 0.181. The lowest BCUT2D eigenvalue weighted by Crippen LogP contribution is -1.96. The van der Waals surface area contributed by atoms with Crippen molar-refractivity contribution in [2.45, 2.75) is 32.6 Å². The third-order valence-electron chi connectivity index (χ3n) is 3.45. The van der Waals surface area contributed by atoms with Gasteiger partial charge in [-0.15, -0.1) is 0 Å². The summed E-state index contributed by atoms with van der Waals surface area (Å²) < 4.78 is 12.8. The van der Waals surface area contributed by atoms with E-state index in [1.54, 1.807) is 12.1 Å². The fourth-order valence-electron chi connectivity index (χ4n) is 2.23. The van der Waals surface area contributed by atoms with Crippen molar-refractivity contribution in [1.82, 2.24) is 0 Å². The first-order valence-corrected chi connectivity index (χ1v) is 6.76. The number of hydrogen-bond donors (Lipinski definition) is 2. The molecule has 0 heterocycles. The predicted molar refractivity (Wildman–Crippen MR) is 77.7 cm³/mol. The summed E-state index contributed by atoms with van der Waals surface area (Å²) in [5.41, 5.74) is 2.65. The molecule has 0 unspecified atom stereocenters. The van der Waals surface area contributed by atoms with Crippen LogP contribution in [0.25, 0.3) is 0 Å². The van der Waals surface area contributed by atoms with Crippen LogP contribution >= 0.6 is 0 Å². The van der Waals surface area contributed by atoms with E-state index in [0.717, 1.165) is 23.1 Å². The van der Waals surface area contributed by atoms with Crippen LogP contribution in [0.2, 0.25) is 0 Å². The zero-order chi connectivity index (χ0) is 14.7. The van der Waals surface area contributed by atoms with Crippen molar-refractivity contribution in [2.24, 2.45) is 0 Å². The summed E-state index contributed by atoms with van der Waals surface area (Å²) >= 11 is 0. The van der Waals surface area contributed by atoms with Crippen LogP contribution < -0.4 is 0 Å². The highest BCUT2D eigenvalue weighted by Crippen LogP contribution is 2.32. The standard InChI is InChI=1S/C17H19FO2/c1-11(2)15-9-13(16(19)10-17(15)20)6-3-12-4-7-14(18)8-5-12/h4-5,7-11,19-20H,3,6H2,1-2H3. The topological polar surface area (TPSA) is 40.5 Å². The lowest BCUT2D eigenvalue weighted by molar-refractivity contribution is 0.439. The van der Waals surface area contributed by atoms with Gasteiger partial charge in [0.15, 0.2) is 0 Å². The van der Waals surface area contributed by atoms with Gasteiger partial charge in [0, 0.05) is 6.07 Å². The molecule has 0 saturated carbocycles. The highest BCUT2D eigenvalue weighted by Gasteiger charge is 2.11. The maximum absolute atomic E-state index is 12.8. The molecule has 2 aromatic rings. The Morgan fingerprint density at radius 1 is 0.950 bits per heavy atom. The molecule has 2 nitrogen and oxygen atoms in total. The number of rotatable bonds is 4. The van der Waals surface area contributed by atoms with E-state index in [9.17, 15) is 14.6 Å². The first-order valence-electron chi connectivity index (χ1n) is 6.76. The number of benzene rings is 2. The summed E-state index contributed by atoms with van der Waals surface area (Å²) in [4.78, 5) is 0. The van der Waals surface area contributed by atoms with E-state index in [4.69, 9.17) is 0 Å². The van der Waals surface area contributed by atoms with E-state index in [-0.39, 0.29) is 23.2 Å². The zero-order valence-electron chi connectivity index (χ0n) is 11.7. The quantitative estimate of drug-likeness (QED) is 0.879. The molecule has 0 amide bonds. The first-order chi connectivity index (χ1) is 9.47. The van der Waals surface area contributed by atoms with Gasteiger partial charge in [-0.1, -0.05) is 26.0 Å². The van der Waals surface area contributed by atoms with Gasteiger partial charge in [-0.2, -0.15) is 0 Å². The van der Waals surface area contributed by atoms with E-state index in [2.05, 4.69) is 0 Å². The molecular weight excluding hydrogens is 255 g/mol. The molecule has 20 heavy (non-hydrogen) atoms. The maximum atomic E-state index is 12.8. The van der Waals surface area contributed by atoms with Gasteiger partial charge in [-0.05, 0) is 53.6 Å². The van der Waals surface area contributed by atoms with Crippen LogP contribution in [0.5, 0.6) is 11.5 Å². The van der Waals surface area contributed by atoms with Crippen molar-refractivity contribution in [3.05, 3.63) is 58.9 Å². The monoisotopic (exact) mass is 274 g/mol. The van der Waals surface area contributed by atoms with E-state index in [1.807, 2.05) is 19.9 Å². The average Bonchev–Trinajstić information content (AvgIpc) is 2.39. The number of aryl methyl sites for hydroxylation is 2. The van der Waals surface area contributed by atoms with Crippen LogP contribution in [-0.4, -0.2) is 10.2 Å². The third-order valence-corrected chi connectivity index (χ3v) is 3.45. The fourth-order valence-corrected chi connectivity index (χ4v) is 2.23. The Bertz CT molecular complexity index is 589. The Balaban J connectivity index is 2.16. The minimum absolute atomic E-state index is 0.106. The molecule has 0 spiro atoms. The molecular formula is C17H19FO2. The van der Waals surface area contributed by atoms with Crippen molar-refractivity contribution >= 4 is 0 Å². The summed E-state index contributed by atoms with van der Waals surface area (Å²) in [5, 5.41) is 19.7. The molecule has 2 aromatic carbocycles. The van der Waals surface area contributed by atoms with Crippen LogP contribution in [0.15, 0.2) is 36.4 Å². The van der Waals surface area contributed by atoms with Crippen LogP contribution in [0, 0.1) is 5.82 Å². The molecule has 0 aromatic heterocycles. The molecule has 2 rings (SSSR count). The van der Waals surface area contributed by atoms with Gasteiger partial charge in [0.05, 0.1) is 0 Å². The molecule has 0 fully saturated rings. The molecule has 0 aliphatic rings. The maximum Gasteiger partial charge on any atom is 0.123 e. The van der Waals surface area contributed by atoms with E-state index >= 15 is 0 Å². The highest BCUT2D eigenvalue weighted by molar-refractivity contribution is 5.46. The molecule has 0 radical (unpaired) electrons. The van der Waals surface area contributed by atoms with Crippen LogP contribution in [0.3, 0.4) is 0 Å². The number of aromatic hydroxyl groups is 2. The Hall–Kier alpha value is -2.03. The zero-order valence-corrected chi connectivity index (χ0v) is 11.7. The van der Waals surface area contributed by atoms with E-state index in [0.29, 0.717) is 6.42 Å². The van der Waals surface area contributed by atoms with Gasteiger partial charge >= 0.3 is 0 Å². The van der Waals surface area contributed by atoms with Crippen LogP contribution in [0.4, 0.5) is 4.39 Å². The Kier molecular flexibility index (Phi) is 4.28. The van der Waals surface area contributed by atoms with Gasteiger partial charge in [-0.25, -0.2) is 4.39 Å². The van der Waals surface area contributed by atoms with Gasteiger partial charge < -0.3 is 10.2 Å². The molecule has 0 bridgehead atoms. The third kappa shape index (κ3) is 3.29. The highest BCUT2D eigenvalue weighted by atomic mass is 19.1. The van der Waals surface area contributed by atoms with Crippen molar-refractivity contribution < 1.29 is 14.6 Å². The Morgan fingerprint density at radius 2 is 1.60 bits per heavy atom. The number of phenols is 2. The Labute approximate surface area is 118 Å². The van der Waals surface area contributed by atoms with Crippen molar-refractivity contribution in [3.63, 3.8) is 0 Å². The number of halogens is 1. The lowest BCUT2D eigenvalue weighted by atomic mass is 9.96. The Morgan fingerprint density at radius 3 is 2.20 bits per heavy atom. The smallest absolute Gasteiger partial charge is 0.123 e. The molecule has 3 heteroatoms. The van der Waals surface area contributed by atoms with Gasteiger partial charge in [0.1, 0.15) is 17.3 Å². The molecule has 0 aliphatic heterocycles. The van der Waals surface area contributed by atoms with Crippen molar-refractivity contribution in [2.75, 3.05) is 0 Å². The summed E-state index contributed by atoms with van der Waals surface area (Å²) in [6.45, 7) is 3.99. The molecule has 2 N–H and O–H groups in total. The van der Waals surface area contributed by atoms with Gasteiger partial charge in [0.25, 0.3) is 0 Å². The predicted octanol–water partition coefficient (Wildman–Crippen LogP) is 4.15. The number of phenolic OH excluding ortho intramolecular Hbond substituents is 2. The SMILES string of the molecule is CC(C)c1cc(CCc2ccc(F)cc2)c(O)cc1O. The van der Waals surface area contributed by atoms with E-state index in [1.165, 1.54) is 18.2 Å².